The van der Waals surface area contributed by atoms with Gasteiger partial charge in [0.1, 0.15) is 0 Å². The maximum atomic E-state index is 12.4. The van der Waals surface area contributed by atoms with Crippen LogP contribution in [0.3, 0.4) is 0 Å². The molecule has 0 aliphatic heterocycles. The third kappa shape index (κ3) is 4.74. The highest BCUT2D eigenvalue weighted by atomic mass is 16.1. The van der Waals surface area contributed by atoms with E-state index in [1.807, 2.05) is 60.7 Å². The number of allylic oxidation sites excluding steroid dienone is 2. The molecule has 0 unspecified atom stereocenters. The summed E-state index contributed by atoms with van der Waals surface area (Å²) in [5.74, 6) is -0.258. The number of carbonyl (C=O) groups excluding carboxylic acids is 2. The maximum absolute atomic E-state index is 12.4. The number of carbonyl (C=O) groups is 2. The minimum Gasteiger partial charge on any atom is -0.289 e. The smallest absolute Gasteiger partial charge is 0.185 e. The van der Waals surface area contributed by atoms with Crippen molar-refractivity contribution in [1.29, 1.82) is 0 Å². The normalized spacial score (nSPS) is 11.1. The van der Waals surface area contributed by atoms with E-state index >= 15 is 0 Å². The zero-order chi connectivity index (χ0) is 18.2. The summed E-state index contributed by atoms with van der Waals surface area (Å²) in [4.78, 5) is 24.7. The molecule has 0 spiro atoms. The number of hydrogen-bond donors (Lipinski definition) is 0. The zero-order valence-electron chi connectivity index (χ0n) is 14.2. The lowest BCUT2D eigenvalue weighted by Gasteiger charge is -2.00. The van der Waals surface area contributed by atoms with Crippen LogP contribution in [0, 0.1) is 0 Å². The predicted molar refractivity (Wildman–Crippen MR) is 106 cm³/mol. The standard InChI is InChI=1S/C24H18O2/c25-23(16-14-19-8-3-1-4-9-19)21-12-7-13-22(18-21)24(26)17-15-20-10-5-2-6-11-20/h1-18H/b16-14-,17-15+. The van der Waals surface area contributed by atoms with E-state index in [2.05, 4.69) is 0 Å². The van der Waals surface area contributed by atoms with Crippen LogP contribution in [0.4, 0.5) is 0 Å². The molecule has 0 aliphatic rings. The Labute approximate surface area is 153 Å². The average Bonchev–Trinajstić information content (AvgIpc) is 2.72. The fraction of sp³-hybridized carbons (Fsp3) is 0. The van der Waals surface area contributed by atoms with Gasteiger partial charge in [-0.1, -0.05) is 91.0 Å². The maximum Gasteiger partial charge on any atom is 0.185 e. The number of rotatable bonds is 6. The van der Waals surface area contributed by atoms with Gasteiger partial charge in [0.05, 0.1) is 0 Å². The molecule has 2 nitrogen and oxygen atoms in total. The fourth-order valence-corrected chi connectivity index (χ4v) is 2.49. The Bertz CT molecular complexity index is 875. The van der Waals surface area contributed by atoms with Gasteiger partial charge in [-0.25, -0.2) is 0 Å². The fourth-order valence-electron chi connectivity index (χ4n) is 2.49. The molecule has 0 aliphatic carbocycles. The second kappa shape index (κ2) is 8.54. The monoisotopic (exact) mass is 338 g/mol. The summed E-state index contributed by atoms with van der Waals surface area (Å²) in [6.45, 7) is 0. The first-order chi connectivity index (χ1) is 12.7. The van der Waals surface area contributed by atoms with Crippen LogP contribution in [-0.4, -0.2) is 11.6 Å². The first-order valence-corrected chi connectivity index (χ1v) is 8.37. The Morgan fingerprint density at radius 3 is 1.38 bits per heavy atom. The molecule has 0 saturated carbocycles. The van der Waals surface area contributed by atoms with Gasteiger partial charge in [0.25, 0.3) is 0 Å². The molecule has 0 heterocycles. The van der Waals surface area contributed by atoms with Crippen molar-refractivity contribution in [3.63, 3.8) is 0 Å². The van der Waals surface area contributed by atoms with Gasteiger partial charge in [-0.2, -0.15) is 0 Å². The molecule has 3 aromatic carbocycles. The molecule has 126 valence electrons. The molecule has 0 fully saturated rings. The second-order valence-electron chi connectivity index (χ2n) is 5.80. The van der Waals surface area contributed by atoms with Crippen LogP contribution in [-0.2, 0) is 0 Å². The first kappa shape index (κ1) is 17.3. The van der Waals surface area contributed by atoms with Crippen LogP contribution in [0.1, 0.15) is 31.8 Å². The van der Waals surface area contributed by atoms with Crippen molar-refractivity contribution in [2.75, 3.05) is 0 Å². The van der Waals surface area contributed by atoms with Crippen LogP contribution in [0.2, 0.25) is 0 Å². The quantitative estimate of drug-likeness (QED) is 0.440. The Morgan fingerprint density at radius 1 is 0.538 bits per heavy atom. The van der Waals surface area contributed by atoms with E-state index < -0.39 is 0 Å². The van der Waals surface area contributed by atoms with Crippen LogP contribution in [0.5, 0.6) is 0 Å². The van der Waals surface area contributed by atoms with Crippen molar-refractivity contribution >= 4 is 23.7 Å². The molecule has 0 radical (unpaired) electrons. The summed E-state index contributed by atoms with van der Waals surface area (Å²) in [6.07, 6.45) is 6.59. The molecule has 3 aromatic rings. The molecule has 0 atom stereocenters. The van der Waals surface area contributed by atoms with E-state index in [4.69, 9.17) is 0 Å². The van der Waals surface area contributed by atoms with Crippen molar-refractivity contribution in [3.05, 3.63) is 119 Å². The summed E-state index contributed by atoms with van der Waals surface area (Å²) < 4.78 is 0. The van der Waals surface area contributed by atoms with E-state index in [0.29, 0.717) is 11.1 Å². The van der Waals surface area contributed by atoms with Crippen LogP contribution in [0.15, 0.2) is 97.1 Å². The van der Waals surface area contributed by atoms with Gasteiger partial charge >= 0.3 is 0 Å². The lowest BCUT2D eigenvalue weighted by molar-refractivity contribution is 0.104. The lowest BCUT2D eigenvalue weighted by atomic mass is 10.0. The van der Waals surface area contributed by atoms with E-state index in [1.54, 1.807) is 36.4 Å². The lowest BCUT2D eigenvalue weighted by Crippen LogP contribution is -1.99. The van der Waals surface area contributed by atoms with Crippen molar-refractivity contribution in [2.24, 2.45) is 0 Å². The largest absolute Gasteiger partial charge is 0.289 e. The third-order valence-corrected chi connectivity index (χ3v) is 3.89. The molecule has 0 saturated heterocycles. The Morgan fingerprint density at radius 2 is 0.962 bits per heavy atom. The SMILES string of the molecule is O=C(/C=C\c1ccccc1)c1cccc(C(=O)/C=C/c2ccccc2)c1. The van der Waals surface area contributed by atoms with Crippen LogP contribution >= 0.6 is 0 Å². The minimum atomic E-state index is -0.129. The number of ketones is 2. The van der Waals surface area contributed by atoms with Gasteiger partial charge in [0.15, 0.2) is 11.6 Å². The van der Waals surface area contributed by atoms with E-state index in [0.717, 1.165) is 11.1 Å². The summed E-state index contributed by atoms with van der Waals surface area (Å²) in [5, 5.41) is 0. The average molecular weight is 338 g/mol. The van der Waals surface area contributed by atoms with Gasteiger partial charge in [-0.3, -0.25) is 9.59 Å². The third-order valence-electron chi connectivity index (χ3n) is 3.89. The Balaban J connectivity index is 1.73. The van der Waals surface area contributed by atoms with Crippen molar-refractivity contribution in [2.45, 2.75) is 0 Å². The molecular weight excluding hydrogens is 320 g/mol. The highest BCUT2D eigenvalue weighted by molar-refractivity contribution is 6.11. The summed E-state index contributed by atoms with van der Waals surface area (Å²) >= 11 is 0. The predicted octanol–water partition coefficient (Wildman–Crippen LogP) is 5.48. The summed E-state index contributed by atoms with van der Waals surface area (Å²) in [7, 11) is 0. The van der Waals surface area contributed by atoms with E-state index in [9.17, 15) is 9.59 Å². The van der Waals surface area contributed by atoms with Crippen LogP contribution in [0.25, 0.3) is 12.2 Å². The molecule has 26 heavy (non-hydrogen) atoms. The molecule has 0 amide bonds. The van der Waals surface area contributed by atoms with Crippen LogP contribution < -0.4 is 0 Å². The second-order valence-corrected chi connectivity index (χ2v) is 5.80. The van der Waals surface area contributed by atoms with E-state index in [-0.39, 0.29) is 11.6 Å². The minimum absolute atomic E-state index is 0.129. The molecular formula is C24H18O2. The number of hydrogen-bond acceptors (Lipinski definition) is 2. The molecule has 0 N–H and O–H groups in total. The Kier molecular flexibility index (Phi) is 5.69. The van der Waals surface area contributed by atoms with Crippen molar-refractivity contribution in [1.82, 2.24) is 0 Å². The van der Waals surface area contributed by atoms with Gasteiger partial charge < -0.3 is 0 Å². The summed E-state index contributed by atoms with van der Waals surface area (Å²) in [6, 6.07) is 26.0. The number of benzene rings is 3. The van der Waals surface area contributed by atoms with Gasteiger partial charge in [-0.05, 0) is 29.3 Å². The zero-order valence-corrected chi connectivity index (χ0v) is 14.2. The van der Waals surface area contributed by atoms with Gasteiger partial charge in [-0.15, -0.1) is 0 Å². The summed E-state index contributed by atoms with van der Waals surface area (Å²) in [5.41, 5.74) is 2.91. The molecule has 3 rings (SSSR count). The molecule has 0 aromatic heterocycles. The highest BCUT2D eigenvalue weighted by Crippen LogP contribution is 2.11. The van der Waals surface area contributed by atoms with Crippen molar-refractivity contribution < 1.29 is 9.59 Å². The van der Waals surface area contributed by atoms with Gasteiger partial charge in [0, 0.05) is 11.1 Å². The topological polar surface area (TPSA) is 34.1 Å². The Hall–Kier alpha value is -3.52. The van der Waals surface area contributed by atoms with Gasteiger partial charge in [0.2, 0.25) is 0 Å². The molecule has 0 bridgehead atoms. The first-order valence-electron chi connectivity index (χ1n) is 8.37. The highest BCUT2D eigenvalue weighted by Gasteiger charge is 2.07. The van der Waals surface area contributed by atoms with E-state index in [1.165, 1.54) is 12.2 Å². The molecule has 2 heteroatoms. The van der Waals surface area contributed by atoms with Crippen molar-refractivity contribution in [3.8, 4) is 0 Å².